The number of aryl methyl sites for hydroxylation is 1. The van der Waals surface area contributed by atoms with Crippen LogP contribution in [-0.2, 0) is 0 Å². The highest BCUT2D eigenvalue weighted by Crippen LogP contribution is 2.36. The third kappa shape index (κ3) is 4.52. The van der Waals surface area contributed by atoms with Crippen molar-refractivity contribution in [3.63, 3.8) is 0 Å². The largest absolute Gasteiger partial charge is 0.508 e. The fraction of sp³-hybridized carbons (Fsp3) is 0.200. The van der Waals surface area contributed by atoms with Crippen molar-refractivity contribution in [2.24, 2.45) is 0 Å². The summed E-state index contributed by atoms with van der Waals surface area (Å²) >= 11 is 0. The molecule has 0 bridgehead atoms. The molecule has 0 saturated carbocycles. The Bertz CT molecular complexity index is 625. The molecule has 22 heavy (non-hydrogen) atoms. The fourth-order valence-electron chi connectivity index (χ4n) is 2.39. The molecule has 1 unspecified atom stereocenters. The Hall–Kier alpha value is -2.48. The van der Waals surface area contributed by atoms with Crippen molar-refractivity contribution >= 4 is 5.69 Å². The number of rotatable bonds is 4. The number of aromatic hydroxyl groups is 1. The van der Waals surface area contributed by atoms with Crippen molar-refractivity contribution in [2.75, 3.05) is 5.73 Å². The van der Waals surface area contributed by atoms with E-state index in [-0.39, 0.29) is 5.92 Å². The molecule has 2 aromatic rings. The molecule has 3 N–H and O–H groups in total. The highest BCUT2D eigenvalue weighted by atomic mass is 16.3. The van der Waals surface area contributed by atoms with Crippen LogP contribution in [0.4, 0.5) is 5.69 Å². The standard InChI is InChI=1S/C16H19NO.C4H6/c1-3-12(13-6-4-5-7-16(13)18)14-10-11(2)8-9-15(14)17;1-3-4-2/h4-10,12,18H,3,17H2,1-2H3;3-4H,1-2H2. The highest BCUT2D eigenvalue weighted by molar-refractivity contribution is 5.54. The van der Waals surface area contributed by atoms with Gasteiger partial charge >= 0.3 is 0 Å². The number of anilines is 1. The van der Waals surface area contributed by atoms with Crippen LogP contribution in [-0.4, -0.2) is 5.11 Å². The summed E-state index contributed by atoms with van der Waals surface area (Å²) in [7, 11) is 0. The van der Waals surface area contributed by atoms with Crippen molar-refractivity contribution in [1.82, 2.24) is 0 Å². The zero-order chi connectivity index (χ0) is 16.5. The molecular weight excluding hydrogens is 270 g/mol. The van der Waals surface area contributed by atoms with Gasteiger partial charge in [0.15, 0.2) is 0 Å². The summed E-state index contributed by atoms with van der Waals surface area (Å²) in [4.78, 5) is 0. The summed E-state index contributed by atoms with van der Waals surface area (Å²) in [5.41, 5.74) is 10.1. The van der Waals surface area contributed by atoms with Crippen LogP contribution in [0, 0.1) is 6.92 Å². The zero-order valence-electron chi connectivity index (χ0n) is 13.4. The molecule has 0 aromatic heterocycles. The Kier molecular flexibility index (Phi) is 6.97. The van der Waals surface area contributed by atoms with E-state index in [4.69, 9.17) is 5.73 Å². The van der Waals surface area contributed by atoms with Crippen molar-refractivity contribution in [2.45, 2.75) is 26.2 Å². The Balaban J connectivity index is 0.000000541. The van der Waals surface area contributed by atoms with Gasteiger partial charge in [-0.1, -0.05) is 68.1 Å². The molecule has 2 heteroatoms. The lowest BCUT2D eigenvalue weighted by Crippen LogP contribution is -2.04. The van der Waals surface area contributed by atoms with E-state index in [0.717, 1.165) is 23.2 Å². The summed E-state index contributed by atoms with van der Waals surface area (Å²) < 4.78 is 0. The second kappa shape index (κ2) is 8.73. The molecule has 0 amide bonds. The minimum atomic E-state index is 0.145. The molecule has 0 aliphatic heterocycles. The van der Waals surface area contributed by atoms with E-state index in [1.807, 2.05) is 30.3 Å². The minimum Gasteiger partial charge on any atom is -0.508 e. The third-order valence-corrected chi connectivity index (χ3v) is 3.50. The maximum atomic E-state index is 9.99. The maximum Gasteiger partial charge on any atom is 0.119 e. The van der Waals surface area contributed by atoms with Gasteiger partial charge in [-0.2, -0.15) is 0 Å². The first-order valence-corrected chi connectivity index (χ1v) is 7.42. The Morgan fingerprint density at radius 3 is 2.27 bits per heavy atom. The molecule has 0 radical (unpaired) electrons. The lowest BCUT2D eigenvalue weighted by molar-refractivity contribution is 0.464. The molecule has 1 atom stereocenters. The lowest BCUT2D eigenvalue weighted by Gasteiger charge is -2.19. The average Bonchev–Trinajstić information content (AvgIpc) is 2.53. The molecule has 0 aliphatic carbocycles. The van der Waals surface area contributed by atoms with Crippen LogP contribution in [0.3, 0.4) is 0 Å². The number of allylic oxidation sites excluding steroid dienone is 2. The van der Waals surface area contributed by atoms with Crippen LogP contribution < -0.4 is 5.73 Å². The predicted molar refractivity (Wildman–Crippen MR) is 96.2 cm³/mol. The van der Waals surface area contributed by atoms with Crippen LogP contribution in [0.2, 0.25) is 0 Å². The molecule has 0 saturated heterocycles. The SMILES string of the molecule is C=CC=C.CCC(c1cc(C)ccc1N)c1ccccc1O. The maximum absolute atomic E-state index is 9.99. The average molecular weight is 295 g/mol. The summed E-state index contributed by atoms with van der Waals surface area (Å²) in [5, 5.41) is 9.99. The van der Waals surface area contributed by atoms with Crippen molar-refractivity contribution in [3.05, 3.63) is 84.5 Å². The van der Waals surface area contributed by atoms with Gasteiger partial charge < -0.3 is 10.8 Å². The number of phenols is 1. The van der Waals surface area contributed by atoms with Gasteiger partial charge in [0.1, 0.15) is 5.75 Å². The minimum absolute atomic E-state index is 0.145. The Morgan fingerprint density at radius 2 is 1.73 bits per heavy atom. The molecule has 2 rings (SSSR count). The number of nitrogens with two attached hydrogens (primary N) is 1. The number of nitrogen functional groups attached to an aromatic ring is 1. The highest BCUT2D eigenvalue weighted by Gasteiger charge is 2.17. The second-order valence-corrected chi connectivity index (χ2v) is 5.12. The van der Waals surface area contributed by atoms with E-state index in [1.165, 1.54) is 5.56 Å². The summed E-state index contributed by atoms with van der Waals surface area (Å²) in [6.07, 6.45) is 4.19. The zero-order valence-corrected chi connectivity index (χ0v) is 13.4. The van der Waals surface area contributed by atoms with Crippen molar-refractivity contribution in [3.8, 4) is 5.75 Å². The van der Waals surface area contributed by atoms with Crippen molar-refractivity contribution in [1.29, 1.82) is 0 Å². The van der Waals surface area contributed by atoms with Crippen LogP contribution in [0.1, 0.15) is 36.0 Å². The summed E-state index contributed by atoms with van der Waals surface area (Å²) in [5.74, 6) is 0.483. The molecule has 116 valence electrons. The summed E-state index contributed by atoms with van der Waals surface area (Å²) in [6, 6.07) is 13.5. The van der Waals surface area contributed by atoms with Gasteiger partial charge in [0.25, 0.3) is 0 Å². The second-order valence-electron chi connectivity index (χ2n) is 5.12. The van der Waals surface area contributed by atoms with Gasteiger partial charge in [-0.25, -0.2) is 0 Å². The monoisotopic (exact) mass is 295 g/mol. The Labute approximate surface area is 133 Å². The predicted octanol–water partition coefficient (Wildman–Crippen LogP) is 5.18. The van der Waals surface area contributed by atoms with Crippen molar-refractivity contribution < 1.29 is 5.11 Å². The smallest absolute Gasteiger partial charge is 0.119 e. The first-order chi connectivity index (χ1) is 10.5. The normalized spacial score (nSPS) is 11.0. The van der Waals surface area contributed by atoms with Gasteiger partial charge in [-0.15, -0.1) is 0 Å². The number of phenolic OH excluding ortho intramolecular Hbond substituents is 1. The molecule has 0 aliphatic rings. The number of para-hydroxylation sites is 1. The van der Waals surface area contributed by atoms with E-state index < -0.39 is 0 Å². The Morgan fingerprint density at radius 1 is 1.09 bits per heavy atom. The first-order valence-electron chi connectivity index (χ1n) is 7.42. The van der Waals surface area contributed by atoms with Crippen LogP contribution in [0.25, 0.3) is 0 Å². The van der Waals surface area contributed by atoms with Gasteiger partial charge in [-0.05, 0) is 31.0 Å². The molecule has 2 aromatic carbocycles. The van der Waals surface area contributed by atoms with E-state index in [1.54, 1.807) is 18.2 Å². The van der Waals surface area contributed by atoms with Crippen LogP contribution in [0.15, 0.2) is 67.8 Å². The number of hydrogen-bond acceptors (Lipinski definition) is 2. The molecule has 0 spiro atoms. The van der Waals surface area contributed by atoms with Gasteiger partial charge in [-0.3, -0.25) is 0 Å². The van der Waals surface area contributed by atoms with Gasteiger partial charge in [0.05, 0.1) is 0 Å². The van der Waals surface area contributed by atoms with E-state index in [9.17, 15) is 5.11 Å². The number of benzene rings is 2. The molecule has 0 fully saturated rings. The fourth-order valence-corrected chi connectivity index (χ4v) is 2.39. The summed E-state index contributed by atoms with van der Waals surface area (Å²) in [6.45, 7) is 10.9. The van der Waals surface area contributed by atoms with E-state index >= 15 is 0 Å². The third-order valence-electron chi connectivity index (χ3n) is 3.50. The molecule has 0 heterocycles. The molecular formula is C20H25NO. The van der Waals surface area contributed by atoms with Gasteiger partial charge in [0.2, 0.25) is 0 Å². The molecule has 2 nitrogen and oxygen atoms in total. The topological polar surface area (TPSA) is 46.2 Å². The van der Waals surface area contributed by atoms with Gasteiger partial charge in [0, 0.05) is 17.2 Å². The first kappa shape index (κ1) is 17.6. The van der Waals surface area contributed by atoms with E-state index in [2.05, 4.69) is 33.1 Å². The van der Waals surface area contributed by atoms with Crippen LogP contribution in [0.5, 0.6) is 5.75 Å². The lowest BCUT2D eigenvalue weighted by atomic mass is 9.87. The quantitative estimate of drug-likeness (QED) is 0.603. The van der Waals surface area contributed by atoms with E-state index in [0.29, 0.717) is 5.75 Å². The van der Waals surface area contributed by atoms with Crippen LogP contribution >= 0.6 is 0 Å². The number of hydrogen-bond donors (Lipinski definition) is 2.